The summed E-state index contributed by atoms with van der Waals surface area (Å²) in [5.41, 5.74) is 1.62. The molecule has 0 saturated carbocycles. The molecule has 1 fully saturated rings. The molecule has 0 bridgehead atoms. The summed E-state index contributed by atoms with van der Waals surface area (Å²) in [6.07, 6.45) is 0.450. The zero-order valence-corrected chi connectivity index (χ0v) is 21.2. The molecular formula is C28H27FN2O7. The zero-order chi connectivity index (χ0) is 26.8. The third-order valence-corrected chi connectivity index (χ3v) is 6.71. The molecular weight excluding hydrogens is 495 g/mol. The molecule has 2 aliphatic heterocycles. The Kier molecular flexibility index (Phi) is 6.95. The first kappa shape index (κ1) is 25.2. The molecule has 2 atom stereocenters. The molecule has 0 aromatic heterocycles. The van der Waals surface area contributed by atoms with Gasteiger partial charge in [-0.2, -0.15) is 0 Å². The number of halogens is 1. The Hall–Kier alpha value is -4.47. The molecule has 2 aliphatic rings. The molecule has 0 unspecified atom stereocenters. The predicted molar refractivity (Wildman–Crippen MR) is 137 cm³/mol. The van der Waals surface area contributed by atoms with Gasteiger partial charge in [-0.1, -0.05) is 0 Å². The number of ether oxygens (including phenoxy) is 5. The molecule has 2 amide bonds. The Morgan fingerprint density at radius 2 is 1.63 bits per heavy atom. The Balaban J connectivity index is 1.62. The van der Waals surface area contributed by atoms with Crippen LogP contribution in [0, 0.1) is 11.7 Å². The highest BCUT2D eigenvalue weighted by molar-refractivity contribution is 6.00. The topological polar surface area (TPSA) is 95.6 Å². The highest BCUT2D eigenvalue weighted by atomic mass is 19.1. The molecule has 10 heteroatoms. The molecule has 38 heavy (non-hydrogen) atoms. The minimum Gasteiger partial charge on any atom is -0.493 e. The van der Waals surface area contributed by atoms with E-state index in [0.717, 1.165) is 0 Å². The second kappa shape index (κ2) is 10.5. The number of piperidine rings is 1. The van der Waals surface area contributed by atoms with Crippen molar-refractivity contribution in [1.29, 1.82) is 0 Å². The van der Waals surface area contributed by atoms with Crippen LogP contribution in [0.4, 0.5) is 15.8 Å². The quantitative estimate of drug-likeness (QED) is 0.481. The van der Waals surface area contributed by atoms with Crippen LogP contribution < -0.4 is 33.9 Å². The third-order valence-electron chi connectivity index (χ3n) is 6.71. The minimum atomic E-state index is -0.731. The van der Waals surface area contributed by atoms with Crippen molar-refractivity contribution >= 4 is 23.2 Å². The zero-order valence-electron chi connectivity index (χ0n) is 21.2. The lowest BCUT2D eigenvalue weighted by Gasteiger charge is -2.41. The number of methoxy groups -OCH3 is 3. The first-order valence-corrected chi connectivity index (χ1v) is 12.0. The lowest BCUT2D eigenvalue weighted by Crippen LogP contribution is -2.47. The van der Waals surface area contributed by atoms with Crippen LogP contribution in [-0.4, -0.2) is 39.9 Å². The molecule has 5 rings (SSSR count). The summed E-state index contributed by atoms with van der Waals surface area (Å²) in [5.74, 6) is 0.725. The average Bonchev–Trinajstić information content (AvgIpc) is 3.41. The number of carbonyl (C=O) groups is 2. The monoisotopic (exact) mass is 522 g/mol. The van der Waals surface area contributed by atoms with Crippen molar-refractivity contribution in [3.05, 3.63) is 66.0 Å². The molecule has 0 radical (unpaired) electrons. The van der Waals surface area contributed by atoms with Gasteiger partial charge in [0.2, 0.25) is 24.4 Å². The van der Waals surface area contributed by atoms with E-state index in [1.54, 1.807) is 35.2 Å². The number of nitrogens with one attached hydrogen (secondary N) is 1. The molecule has 3 aromatic carbocycles. The van der Waals surface area contributed by atoms with Gasteiger partial charge in [0.15, 0.2) is 23.0 Å². The molecule has 0 aliphatic carbocycles. The molecule has 198 valence electrons. The normalized spacial score (nSPS) is 18.2. The second-order valence-electron chi connectivity index (χ2n) is 8.85. The number of anilines is 2. The van der Waals surface area contributed by atoms with Crippen molar-refractivity contribution in [3.63, 3.8) is 0 Å². The van der Waals surface area contributed by atoms with Gasteiger partial charge in [-0.05, 0) is 60.5 Å². The summed E-state index contributed by atoms with van der Waals surface area (Å²) in [6.45, 7) is 0.0890. The van der Waals surface area contributed by atoms with Crippen LogP contribution in [0.5, 0.6) is 28.7 Å². The number of fused-ring (bicyclic) bond motifs is 1. The van der Waals surface area contributed by atoms with Gasteiger partial charge in [-0.15, -0.1) is 0 Å². The van der Waals surface area contributed by atoms with Crippen LogP contribution in [-0.2, 0) is 9.59 Å². The summed E-state index contributed by atoms with van der Waals surface area (Å²) in [4.78, 5) is 28.7. The predicted octanol–water partition coefficient (Wildman–Crippen LogP) is 4.70. The van der Waals surface area contributed by atoms with E-state index in [9.17, 15) is 14.0 Å². The maximum Gasteiger partial charge on any atom is 0.231 e. The summed E-state index contributed by atoms with van der Waals surface area (Å²) in [7, 11) is 4.50. The Labute approximate surface area is 219 Å². The Bertz CT molecular complexity index is 1340. The summed E-state index contributed by atoms with van der Waals surface area (Å²) in [5, 5.41) is 2.87. The van der Waals surface area contributed by atoms with Gasteiger partial charge in [0.25, 0.3) is 0 Å². The number of nitrogens with zero attached hydrogens (tertiary/aromatic N) is 1. The van der Waals surface area contributed by atoms with Crippen molar-refractivity contribution in [1.82, 2.24) is 0 Å². The van der Waals surface area contributed by atoms with Crippen LogP contribution in [0.3, 0.4) is 0 Å². The van der Waals surface area contributed by atoms with Crippen LogP contribution in [0.15, 0.2) is 54.6 Å². The van der Waals surface area contributed by atoms with Crippen molar-refractivity contribution in [2.45, 2.75) is 18.9 Å². The number of carbonyl (C=O) groups excluding carboxylic acids is 2. The summed E-state index contributed by atoms with van der Waals surface area (Å²) >= 11 is 0. The van der Waals surface area contributed by atoms with Crippen LogP contribution >= 0.6 is 0 Å². The van der Waals surface area contributed by atoms with E-state index in [0.29, 0.717) is 52.1 Å². The van der Waals surface area contributed by atoms with Crippen LogP contribution in [0.25, 0.3) is 0 Å². The Morgan fingerprint density at radius 3 is 2.29 bits per heavy atom. The highest BCUT2D eigenvalue weighted by Gasteiger charge is 2.42. The largest absolute Gasteiger partial charge is 0.493 e. The Morgan fingerprint density at radius 1 is 0.947 bits per heavy atom. The summed E-state index contributed by atoms with van der Waals surface area (Å²) in [6, 6.07) is 13.5. The van der Waals surface area contributed by atoms with Crippen LogP contribution in [0.1, 0.15) is 24.4 Å². The lowest BCUT2D eigenvalue weighted by molar-refractivity contribution is -0.125. The molecule has 2 heterocycles. The van der Waals surface area contributed by atoms with E-state index < -0.39 is 17.8 Å². The van der Waals surface area contributed by atoms with Gasteiger partial charge in [-0.3, -0.25) is 9.59 Å². The molecule has 0 spiro atoms. The smallest absolute Gasteiger partial charge is 0.231 e. The number of amides is 2. The van der Waals surface area contributed by atoms with Crippen molar-refractivity contribution < 1.29 is 37.7 Å². The minimum absolute atomic E-state index is 0.0890. The number of hydrogen-bond acceptors (Lipinski definition) is 7. The standard InChI is InChI=1S/C28H27FN2O7/c1-34-23-12-16(13-24(35-2)27(23)36-3)26-20(28(33)30-18-6-4-17(29)5-7-18)9-11-25(32)31(26)19-8-10-21-22(14-19)38-15-37-21/h4-8,10,12-14,20,26H,9,11,15H2,1-3H3,(H,30,33)/t20-,26+/m0/s1. The van der Waals surface area contributed by atoms with E-state index in [2.05, 4.69) is 5.32 Å². The maximum absolute atomic E-state index is 13.7. The average molecular weight is 523 g/mol. The van der Waals surface area contributed by atoms with E-state index in [-0.39, 0.29) is 25.0 Å². The van der Waals surface area contributed by atoms with Crippen LogP contribution in [0.2, 0.25) is 0 Å². The van der Waals surface area contributed by atoms with E-state index in [4.69, 9.17) is 23.7 Å². The van der Waals surface area contributed by atoms with E-state index >= 15 is 0 Å². The van der Waals surface area contributed by atoms with Gasteiger partial charge in [0.1, 0.15) is 5.82 Å². The summed E-state index contributed by atoms with van der Waals surface area (Å²) < 4.78 is 41.0. The van der Waals surface area contributed by atoms with Gasteiger partial charge >= 0.3 is 0 Å². The third kappa shape index (κ3) is 4.65. The van der Waals surface area contributed by atoms with Crippen molar-refractivity contribution in [3.8, 4) is 28.7 Å². The first-order chi connectivity index (χ1) is 18.4. The fraction of sp³-hybridized carbons (Fsp3) is 0.286. The first-order valence-electron chi connectivity index (χ1n) is 12.0. The van der Waals surface area contributed by atoms with Gasteiger partial charge in [0.05, 0.1) is 33.3 Å². The van der Waals surface area contributed by atoms with E-state index in [1.807, 2.05) is 0 Å². The fourth-order valence-electron chi connectivity index (χ4n) is 4.93. The van der Waals surface area contributed by atoms with Gasteiger partial charge in [0, 0.05) is 23.9 Å². The van der Waals surface area contributed by atoms with Crippen molar-refractivity contribution in [2.75, 3.05) is 38.3 Å². The molecule has 9 nitrogen and oxygen atoms in total. The number of rotatable bonds is 7. The van der Waals surface area contributed by atoms with Crippen molar-refractivity contribution in [2.24, 2.45) is 5.92 Å². The lowest BCUT2D eigenvalue weighted by atomic mass is 9.82. The second-order valence-corrected chi connectivity index (χ2v) is 8.85. The SMILES string of the molecule is COc1cc([C@@H]2[C@@H](C(=O)Nc3ccc(F)cc3)CCC(=O)N2c2ccc3c(c2)OCO3)cc(OC)c1OC. The fourth-order valence-corrected chi connectivity index (χ4v) is 4.93. The van der Waals surface area contributed by atoms with Gasteiger partial charge < -0.3 is 33.9 Å². The van der Waals surface area contributed by atoms with E-state index in [1.165, 1.54) is 45.6 Å². The molecule has 3 aromatic rings. The molecule has 1 saturated heterocycles. The van der Waals surface area contributed by atoms with Gasteiger partial charge in [-0.25, -0.2) is 4.39 Å². The highest BCUT2D eigenvalue weighted by Crippen LogP contribution is 2.47. The number of benzene rings is 3. The number of hydrogen-bond donors (Lipinski definition) is 1. The molecule has 1 N–H and O–H groups in total. The maximum atomic E-state index is 13.7.